The maximum absolute atomic E-state index is 12.4. The van der Waals surface area contributed by atoms with Crippen LogP contribution in [0.4, 0.5) is 5.69 Å². The van der Waals surface area contributed by atoms with Gasteiger partial charge in [0, 0.05) is 25.3 Å². The first-order valence-electron chi connectivity index (χ1n) is 6.24. The zero-order valence-electron chi connectivity index (χ0n) is 11.4. The maximum atomic E-state index is 12.4. The Balaban J connectivity index is 3.12. The van der Waals surface area contributed by atoms with Crippen molar-refractivity contribution in [3.8, 4) is 0 Å². The van der Waals surface area contributed by atoms with Crippen LogP contribution in [0.1, 0.15) is 30.6 Å². The number of carbonyl (C=O) groups is 1. The second kappa shape index (κ2) is 7.21. The summed E-state index contributed by atoms with van der Waals surface area (Å²) in [6.45, 7) is 4.01. The Bertz CT molecular complexity index is 505. The Labute approximate surface area is 122 Å². The fourth-order valence-corrected chi connectivity index (χ4v) is 2.09. The molecule has 110 valence electrons. The lowest BCUT2D eigenvalue weighted by molar-refractivity contribution is -0.384. The Morgan fingerprint density at radius 3 is 2.65 bits per heavy atom. The fraction of sp³-hybridized carbons (Fsp3) is 0.462. The highest BCUT2D eigenvalue weighted by Crippen LogP contribution is 2.29. The summed E-state index contributed by atoms with van der Waals surface area (Å²) in [6, 6.07) is 4.06. The van der Waals surface area contributed by atoms with Gasteiger partial charge >= 0.3 is 0 Å². The summed E-state index contributed by atoms with van der Waals surface area (Å²) in [5.74, 6) is -0.373. The summed E-state index contributed by atoms with van der Waals surface area (Å²) in [5.41, 5.74) is -0.184. The molecule has 7 heteroatoms. The van der Waals surface area contributed by atoms with Crippen LogP contribution >= 0.6 is 11.6 Å². The van der Waals surface area contributed by atoms with Gasteiger partial charge in [-0.05, 0) is 26.3 Å². The SMILES string of the molecule is CC(C)N(CCCO)C(=O)c1cccc([N+](=O)[O-])c1Cl. The molecule has 0 aliphatic carbocycles. The van der Waals surface area contributed by atoms with E-state index in [9.17, 15) is 14.9 Å². The van der Waals surface area contributed by atoms with Crippen molar-refractivity contribution in [2.24, 2.45) is 0 Å². The molecule has 1 N–H and O–H groups in total. The minimum Gasteiger partial charge on any atom is -0.396 e. The van der Waals surface area contributed by atoms with Crippen molar-refractivity contribution < 1.29 is 14.8 Å². The Kier molecular flexibility index (Phi) is 5.91. The van der Waals surface area contributed by atoms with Gasteiger partial charge in [0.2, 0.25) is 0 Å². The molecule has 20 heavy (non-hydrogen) atoms. The van der Waals surface area contributed by atoms with Gasteiger partial charge in [0.1, 0.15) is 5.02 Å². The molecule has 0 saturated heterocycles. The van der Waals surface area contributed by atoms with E-state index < -0.39 is 4.92 Å². The van der Waals surface area contributed by atoms with E-state index >= 15 is 0 Å². The summed E-state index contributed by atoms with van der Waals surface area (Å²) >= 11 is 5.94. The number of carbonyl (C=O) groups excluding carboxylic acids is 1. The number of halogens is 1. The quantitative estimate of drug-likeness (QED) is 0.646. The van der Waals surface area contributed by atoms with Crippen molar-refractivity contribution in [1.82, 2.24) is 4.90 Å². The summed E-state index contributed by atoms with van der Waals surface area (Å²) in [4.78, 5) is 24.2. The molecule has 0 atom stereocenters. The van der Waals surface area contributed by atoms with Gasteiger partial charge in [0.15, 0.2) is 0 Å². The normalized spacial score (nSPS) is 10.7. The first-order chi connectivity index (χ1) is 9.40. The van der Waals surface area contributed by atoms with E-state index in [0.29, 0.717) is 13.0 Å². The highest BCUT2D eigenvalue weighted by atomic mass is 35.5. The summed E-state index contributed by atoms with van der Waals surface area (Å²) in [5, 5.41) is 19.5. The van der Waals surface area contributed by atoms with Crippen LogP contribution in [0.15, 0.2) is 18.2 Å². The lowest BCUT2D eigenvalue weighted by atomic mass is 10.1. The molecule has 1 amide bonds. The monoisotopic (exact) mass is 300 g/mol. The van der Waals surface area contributed by atoms with Gasteiger partial charge in [-0.3, -0.25) is 14.9 Å². The Morgan fingerprint density at radius 1 is 1.50 bits per heavy atom. The first-order valence-corrected chi connectivity index (χ1v) is 6.62. The molecule has 0 saturated carbocycles. The zero-order valence-corrected chi connectivity index (χ0v) is 12.1. The van der Waals surface area contributed by atoms with E-state index in [1.165, 1.54) is 23.1 Å². The maximum Gasteiger partial charge on any atom is 0.288 e. The summed E-state index contributed by atoms with van der Waals surface area (Å²) in [7, 11) is 0. The molecule has 1 aromatic carbocycles. The number of rotatable bonds is 6. The molecule has 0 bridgehead atoms. The molecule has 0 aromatic heterocycles. The lowest BCUT2D eigenvalue weighted by Gasteiger charge is -2.26. The van der Waals surface area contributed by atoms with Gasteiger partial charge in [0.05, 0.1) is 10.5 Å². The van der Waals surface area contributed by atoms with Crippen LogP contribution in [0.2, 0.25) is 5.02 Å². The van der Waals surface area contributed by atoms with E-state index in [0.717, 1.165) is 0 Å². The van der Waals surface area contributed by atoms with Crippen LogP contribution in [0.25, 0.3) is 0 Å². The molecule has 1 rings (SSSR count). The number of nitrogens with zero attached hydrogens (tertiary/aromatic N) is 2. The molecule has 0 fully saturated rings. The number of hydrogen-bond donors (Lipinski definition) is 1. The van der Waals surface area contributed by atoms with Gasteiger partial charge in [-0.1, -0.05) is 17.7 Å². The van der Waals surface area contributed by atoms with Gasteiger partial charge in [-0.15, -0.1) is 0 Å². The molecule has 0 heterocycles. The number of aliphatic hydroxyl groups is 1. The minimum atomic E-state index is -0.619. The van der Waals surface area contributed by atoms with Crippen molar-refractivity contribution in [3.05, 3.63) is 38.9 Å². The van der Waals surface area contributed by atoms with Gasteiger partial charge in [0.25, 0.3) is 11.6 Å². The van der Waals surface area contributed by atoms with Gasteiger partial charge in [-0.25, -0.2) is 0 Å². The number of amides is 1. The van der Waals surface area contributed by atoms with Crippen molar-refractivity contribution in [1.29, 1.82) is 0 Å². The van der Waals surface area contributed by atoms with Gasteiger partial charge in [-0.2, -0.15) is 0 Å². The van der Waals surface area contributed by atoms with Crippen molar-refractivity contribution >= 4 is 23.2 Å². The van der Waals surface area contributed by atoms with Crippen LogP contribution in [-0.4, -0.2) is 40.0 Å². The number of hydrogen-bond acceptors (Lipinski definition) is 4. The molecule has 0 aliphatic heterocycles. The molecular weight excluding hydrogens is 284 g/mol. The van der Waals surface area contributed by atoms with Crippen LogP contribution in [0, 0.1) is 10.1 Å². The second-order valence-corrected chi connectivity index (χ2v) is 4.94. The topological polar surface area (TPSA) is 83.7 Å². The average molecular weight is 301 g/mol. The predicted octanol–water partition coefficient (Wildman–Crippen LogP) is 2.48. The van der Waals surface area contributed by atoms with E-state index in [2.05, 4.69) is 0 Å². The van der Waals surface area contributed by atoms with Crippen molar-refractivity contribution in [3.63, 3.8) is 0 Å². The molecule has 0 unspecified atom stereocenters. The molecule has 0 spiro atoms. The number of nitro benzene ring substituents is 1. The van der Waals surface area contributed by atoms with Crippen LogP contribution in [0.3, 0.4) is 0 Å². The predicted molar refractivity (Wildman–Crippen MR) is 76.0 cm³/mol. The van der Waals surface area contributed by atoms with Crippen molar-refractivity contribution in [2.75, 3.05) is 13.2 Å². The summed E-state index contributed by atoms with van der Waals surface area (Å²) < 4.78 is 0. The molecule has 1 aromatic rings. The smallest absolute Gasteiger partial charge is 0.288 e. The second-order valence-electron chi connectivity index (χ2n) is 4.57. The van der Waals surface area contributed by atoms with E-state index in [-0.39, 0.29) is 34.8 Å². The van der Waals surface area contributed by atoms with Crippen LogP contribution in [-0.2, 0) is 0 Å². The van der Waals surface area contributed by atoms with Crippen LogP contribution < -0.4 is 0 Å². The molecule has 0 radical (unpaired) electrons. The third-order valence-electron chi connectivity index (χ3n) is 2.85. The van der Waals surface area contributed by atoms with E-state index in [4.69, 9.17) is 16.7 Å². The Hall–Kier alpha value is -1.66. The number of nitro groups is 1. The molecule has 6 nitrogen and oxygen atoms in total. The number of aliphatic hydroxyl groups excluding tert-OH is 1. The van der Waals surface area contributed by atoms with Gasteiger partial charge < -0.3 is 10.0 Å². The minimum absolute atomic E-state index is 0.0286. The molecular formula is C13H17ClN2O4. The summed E-state index contributed by atoms with van der Waals surface area (Å²) in [6.07, 6.45) is 0.441. The average Bonchev–Trinajstić information content (AvgIpc) is 2.38. The third-order valence-corrected chi connectivity index (χ3v) is 3.24. The Morgan fingerprint density at radius 2 is 2.15 bits per heavy atom. The number of benzene rings is 1. The molecule has 0 aliphatic rings. The van der Waals surface area contributed by atoms with E-state index in [1.54, 1.807) is 0 Å². The van der Waals surface area contributed by atoms with E-state index in [1.807, 2.05) is 13.8 Å². The standard InChI is InChI=1S/C13H17ClN2O4/c1-9(2)15(7-4-8-17)13(18)10-5-3-6-11(12(10)14)16(19)20/h3,5-6,9,17H,4,7-8H2,1-2H3. The first kappa shape index (κ1) is 16.4. The third kappa shape index (κ3) is 3.68. The lowest BCUT2D eigenvalue weighted by Crippen LogP contribution is -2.38. The fourth-order valence-electron chi connectivity index (χ4n) is 1.82. The highest BCUT2D eigenvalue weighted by molar-refractivity contribution is 6.35. The van der Waals surface area contributed by atoms with Crippen molar-refractivity contribution in [2.45, 2.75) is 26.3 Å². The largest absolute Gasteiger partial charge is 0.396 e. The zero-order chi connectivity index (χ0) is 15.3. The highest BCUT2D eigenvalue weighted by Gasteiger charge is 2.24. The van der Waals surface area contributed by atoms with Crippen LogP contribution in [0.5, 0.6) is 0 Å².